The van der Waals surface area contributed by atoms with E-state index < -0.39 is 24.3 Å². The number of aliphatic carboxylic acids is 1. The fourth-order valence-electron chi connectivity index (χ4n) is 2.64. The van der Waals surface area contributed by atoms with Gasteiger partial charge < -0.3 is 19.2 Å². The lowest BCUT2D eigenvalue weighted by Gasteiger charge is -2.32. The number of hydrogen-bond donors (Lipinski definition) is 1. The minimum absolute atomic E-state index is 0.143. The summed E-state index contributed by atoms with van der Waals surface area (Å²) in [6.45, 7) is 8.04. The molecule has 0 amide bonds. The third-order valence-corrected chi connectivity index (χ3v) is 4.68. The number of ether oxygens (including phenoxy) is 1. The molecule has 0 saturated carbocycles. The lowest BCUT2D eigenvalue weighted by molar-refractivity contribution is -0.137. The van der Waals surface area contributed by atoms with Gasteiger partial charge >= 0.3 is 13.1 Å². The molecule has 1 heterocycles. The number of methoxy groups -OCH3 is 1. The second kappa shape index (κ2) is 6.53. The van der Waals surface area contributed by atoms with Crippen LogP contribution in [-0.4, -0.2) is 36.5 Å². The van der Waals surface area contributed by atoms with E-state index in [1.807, 2.05) is 45.9 Å². The number of carbonyl (C=O) groups is 1. The van der Waals surface area contributed by atoms with Crippen LogP contribution < -0.4 is 10.2 Å². The van der Waals surface area contributed by atoms with Gasteiger partial charge in [-0.15, -0.1) is 0 Å². The van der Waals surface area contributed by atoms with Gasteiger partial charge in [-0.25, -0.2) is 0 Å². The molecule has 1 fully saturated rings. The maximum atomic E-state index is 10.7. The van der Waals surface area contributed by atoms with E-state index in [1.165, 1.54) is 0 Å². The number of rotatable bonds is 6. The summed E-state index contributed by atoms with van der Waals surface area (Å²) < 4.78 is 17.8. The van der Waals surface area contributed by atoms with Crippen LogP contribution in [0.2, 0.25) is 0 Å². The normalized spacial score (nSPS) is 18.9. The molecule has 1 aromatic carbocycles. The van der Waals surface area contributed by atoms with E-state index in [1.54, 1.807) is 7.11 Å². The van der Waals surface area contributed by atoms with Crippen molar-refractivity contribution in [1.29, 1.82) is 0 Å². The molecule has 0 atom stereocenters. The molecule has 23 heavy (non-hydrogen) atoms. The average Bonchev–Trinajstić information content (AvgIpc) is 2.66. The highest BCUT2D eigenvalue weighted by molar-refractivity contribution is 6.63. The zero-order valence-electron chi connectivity index (χ0n) is 14.5. The Labute approximate surface area is 138 Å². The first kappa shape index (κ1) is 17.8. The van der Waals surface area contributed by atoms with E-state index in [4.69, 9.17) is 19.2 Å². The van der Waals surface area contributed by atoms with E-state index in [0.29, 0.717) is 12.8 Å². The van der Waals surface area contributed by atoms with Gasteiger partial charge in [0.15, 0.2) is 0 Å². The van der Waals surface area contributed by atoms with E-state index in [0.717, 1.165) is 16.8 Å². The first-order chi connectivity index (χ1) is 10.7. The summed E-state index contributed by atoms with van der Waals surface area (Å²) in [6, 6.07) is 5.82. The molecule has 1 aromatic rings. The number of para-hydroxylation sites is 1. The predicted molar refractivity (Wildman–Crippen MR) is 89.3 cm³/mol. The SMILES string of the molecule is COc1c(CCCC(=O)O)cccc1B1OC(C)(C)C(C)(C)O1. The molecule has 1 saturated heterocycles. The molecule has 6 heteroatoms. The molecule has 0 spiro atoms. The summed E-state index contributed by atoms with van der Waals surface area (Å²) >= 11 is 0. The molecule has 1 aliphatic heterocycles. The molecule has 1 aliphatic rings. The topological polar surface area (TPSA) is 65.0 Å². The lowest BCUT2D eigenvalue weighted by Crippen LogP contribution is -2.41. The summed E-state index contributed by atoms with van der Waals surface area (Å²) in [5, 5.41) is 8.79. The Morgan fingerprint density at radius 1 is 1.22 bits per heavy atom. The molecule has 0 aromatic heterocycles. The maximum absolute atomic E-state index is 10.7. The highest BCUT2D eigenvalue weighted by Gasteiger charge is 2.52. The Bertz CT molecular complexity index is 566. The van der Waals surface area contributed by atoms with E-state index in [2.05, 4.69) is 0 Å². The van der Waals surface area contributed by atoms with E-state index in [-0.39, 0.29) is 6.42 Å². The van der Waals surface area contributed by atoms with Crippen molar-refractivity contribution in [3.8, 4) is 5.75 Å². The molecule has 0 unspecified atom stereocenters. The number of aryl methyl sites for hydroxylation is 1. The van der Waals surface area contributed by atoms with Crippen LogP contribution >= 0.6 is 0 Å². The van der Waals surface area contributed by atoms with Crippen LogP contribution in [0.15, 0.2) is 18.2 Å². The van der Waals surface area contributed by atoms with Crippen LogP contribution in [0, 0.1) is 0 Å². The van der Waals surface area contributed by atoms with Gasteiger partial charge in [-0.2, -0.15) is 0 Å². The Balaban J connectivity index is 2.25. The van der Waals surface area contributed by atoms with E-state index in [9.17, 15) is 4.79 Å². The van der Waals surface area contributed by atoms with Crippen molar-refractivity contribution in [1.82, 2.24) is 0 Å². The molecular formula is C17H25BO5. The van der Waals surface area contributed by atoms with Crippen molar-refractivity contribution in [2.75, 3.05) is 7.11 Å². The molecule has 0 bridgehead atoms. The van der Waals surface area contributed by atoms with Gasteiger partial charge in [0.25, 0.3) is 0 Å². The Kier molecular flexibility index (Phi) is 5.06. The Morgan fingerprint density at radius 2 is 1.83 bits per heavy atom. The Hall–Kier alpha value is -1.53. The quantitative estimate of drug-likeness (QED) is 0.816. The molecule has 2 rings (SSSR count). The summed E-state index contributed by atoms with van der Waals surface area (Å²) in [5.74, 6) is -0.0672. The zero-order valence-corrected chi connectivity index (χ0v) is 14.5. The van der Waals surface area contributed by atoms with Crippen molar-refractivity contribution in [2.24, 2.45) is 0 Å². The minimum Gasteiger partial charge on any atom is -0.497 e. The van der Waals surface area contributed by atoms with Gasteiger partial charge in [0.05, 0.1) is 18.3 Å². The van der Waals surface area contributed by atoms with Crippen LogP contribution in [0.5, 0.6) is 5.75 Å². The van der Waals surface area contributed by atoms with Crippen molar-refractivity contribution in [3.05, 3.63) is 23.8 Å². The second-order valence-corrected chi connectivity index (χ2v) is 6.88. The van der Waals surface area contributed by atoms with Crippen molar-refractivity contribution in [3.63, 3.8) is 0 Å². The van der Waals surface area contributed by atoms with Crippen molar-refractivity contribution < 1.29 is 23.9 Å². The lowest BCUT2D eigenvalue weighted by atomic mass is 9.77. The monoisotopic (exact) mass is 320 g/mol. The number of benzene rings is 1. The van der Waals surface area contributed by atoms with Crippen LogP contribution in [0.4, 0.5) is 0 Å². The van der Waals surface area contributed by atoms with Gasteiger partial charge in [0.2, 0.25) is 0 Å². The molecule has 0 aliphatic carbocycles. The molecule has 1 N–H and O–H groups in total. The van der Waals surface area contributed by atoms with Crippen molar-refractivity contribution in [2.45, 2.75) is 58.2 Å². The summed E-state index contributed by atoms with van der Waals surface area (Å²) in [5.41, 5.74) is 0.990. The largest absolute Gasteiger partial charge is 0.498 e. The van der Waals surface area contributed by atoms with Gasteiger partial charge in [-0.1, -0.05) is 18.2 Å². The van der Waals surface area contributed by atoms with Crippen molar-refractivity contribution >= 4 is 18.6 Å². The van der Waals surface area contributed by atoms with E-state index >= 15 is 0 Å². The minimum atomic E-state index is -0.786. The summed E-state index contributed by atoms with van der Waals surface area (Å²) in [4.78, 5) is 10.7. The maximum Gasteiger partial charge on any atom is 0.498 e. The smallest absolute Gasteiger partial charge is 0.497 e. The first-order valence-corrected chi connectivity index (χ1v) is 7.91. The van der Waals surface area contributed by atoms with Gasteiger partial charge in [0.1, 0.15) is 5.75 Å². The van der Waals surface area contributed by atoms with Crippen LogP contribution in [0.3, 0.4) is 0 Å². The number of carboxylic acid groups (broad SMARTS) is 1. The fourth-order valence-corrected chi connectivity index (χ4v) is 2.64. The predicted octanol–water partition coefficient (Wildman–Crippen LogP) is 2.40. The van der Waals surface area contributed by atoms with Crippen LogP contribution in [-0.2, 0) is 20.5 Å². The third kappa shape index (κ3) is 3.70. The molecular weight excluding hydrogens is 295 g/mol. The number of carboxylic acids is 1. The summed E-state index contributed by atoms with van der Waals surface area (Å²) in [7, 11) is 1.12. The number of hydrogen-bond acceptors (Lipinski definition) is 4. The van der Waals surface area contributed by atoms with Gasteiger partial charge in [-0.05, 0) is 46.1 Å². The van der Waals surface area contributed by atoms with Crippen LogP contribution in [0.25, 0.3) is 0 Å². The Morgan fingerprint density at radius 3 is 2.35 bits per heavy atom. The molecule has 126 valence electrons. The third-order valence-electron chi connectivity index (χ3n) is 4.68. The fraction of sp³-hybridized carbons (Fsp3) is 0.588. The average molecular weight is 320 g/mol. The zero-order chi connectivity index (χ0) is 17.3. The molecule has 5 nitrogen and oxygen atoms in total. The summed E-state index contributed by atoms with van der Waals surface area (Å²) in [6.07, 6.45) is 1.35. The second-order valence-electron chi connectivity index (χ2n) is 6.88. The first-order valence-electron chi connectivity index (χ1n) is 7.91. The highest BCUT2D eigenvalue weighted by atomic mass is 16.7. The van der Waals surface area contributed by atoms with Gasteiger partial charge in [0, 0.05) is 11.9 Å². The highest BCUT2D eigenvalue weighted by Crippen LogP contribution is 2.37. The molecule has 0 radical (unpaired) electrons. The standard InChI is InChI=1S/C17H25BO5/c1-16(2)17(3,4)23-18(22-16)13-10-6-8-12(15(13)21-5)9-7-11-14(19)20/h6,8,10H,7,9,11H2,1-5H3,(H,19,20). The van der Waals surface area contributed by atoms with Crippen LogP contribution in [0.1, 0.15) is 46.1 Å². The van der Waals surface area contributed by atoms with Gasteiger partial charge in [-0.3, -0.25) is 4.79 Å².